The number of anilines is 1. The van der Waals surface area contributed by atoms with Crippen LogP contribution >= 0.6 is 0 Å². The Hall–Kier alpha value is -2.64. The number of aryl methyl sites for hydroxylation is 3. The van der Waals surface area contributed by atoms with Gasteiger partial charge in [0.25, 0.3) is 0 Å². The minimum atomic E-state index is -0.403. The molecule has 3 heterocycles. The quantitative estimate of drug-likeness (QED) is 0.860. The molecule has 8 nitrogen and oxygen atoms in total. The summed E-state index contributed by atoms with van der Waals surface area (Å²) in [5, 5.41) is 12.1. The molecular formula is C15H20N6O2. The summed E-state index contributed by atoms with van der Waals surface area (Å²) in [6.07, 6.45) is 2.62. The number of allylic oxidation sites excluding steroid dienone is 1. The van der Waals surface area contributed by atoms with Crippen LogP contribution in [-0.2, 0) is 23.0 Å². The fraction of sp³-hybridized carbons (Fsp3) is 0.467. The Morgan fingerprint density at radius 3 is 2.70 bits per heavy atom. The Labute approximate surface area is 134 Å². The van der Waals surface area contributed by atoms with Crippen LogP contribution in [0.25, 0.3) is 0 Å². The van der Waals surface area contributed by atoms with Gasteiger partial charge in [0, 0.05) is 30.9 Å². The molecule has 122 valence electrons. The molecule has 0 saturated carbocycles. The summed E-state index contributed by atoms with van der Waals surface area (Å²) >= 11 is 0. The number of nitrogens with zero attached hydrogens (tertiary/aromatic N) is 5. The first kappa shape index (κ1) is 15.3. The van der Waals surface area contributed by atoms with Crippen molar-refractivity contribution in [1.29, 1.82) is 0 Å². The maximum absolute atomic E-state index is 12.4. The number of carbonyl (C=O) groups excluding carboxylic acids is 1. The number of ether oxygens (including phenoxy) is 1. The van der Waals surface area contributed by atoms with Crippen LogP contribution in [-0.4, -0.2) is 37.6 Å². The van der Waals surface area contributed by atoms with Gasteiger partial charge in [0.05, 0.1) is 18.4 Å². The van der Waals surface area contributed by atoms with Crippen molar-refractivity contribution >= 4 is 11.9 Å². The van der Waals surface area contributed by atoms with Gasteiger partial charge >= 0.3 is 5.97 Å². The molecule has 1 unspecified atom stereocenters. The van der Waals surface area contributed by atoms with Gasteiger partial charge in [-0.2, -0.15) is 15.2 Å². The van der Waals surface area contributed by atoms with E-state index in [0.29, 0.717) is 23.6 Å². The smallest absolute Gasteiger partial charge is 0.338 e. The molecule has 0 fully saturated rings. The Bertz CT molecular complexity index is 801. The molecule has 0 spiro atoms. The SMILES string of the molecule is CCc1nc2n(n1)C(c1cn(C)nc1C)C(C(=O)OC)=C(C)N2. The van der Waals surface area contributed by atoms with Gasteiger partial charge in [-0.1, -0.05) is 6.92 Å². The molecule has 1 aliphatic rings. The summed E-state index contributed by atoms with van der Waals surface area (Å²) in [6.45, 7) is 5.75. The number of hydrogen-bond donors (Lipinski definition) is 1. The molecule has 23 heavy (non-hydrogen) atoms. The van der Waals surface area contributed by atoms with E-state index in [1.807, 2.05) is 34.0 Å². The standard InChI is InChI=1S/C15H20N6O2/c1-6-11-17-15-16-9(3)12(14(22)23-5)13(21(15)19-11)10-7-20(4)18-8(10)2/h7,13H,6H2,1-5H3,(H,16,17,19). The lowest BCUT2D eigenvalue weighted by atomic mass is 9.96. The summed E-state index contributed by atoms with van der Waals surface area (Å²) in [7, 11) is 3.23. The van der Waals surface area contributed by atoms with Crippen molar-refractivity contribution in [2.45, 2.75) is 33.2 Å². The van der Waals surface area contributed by atoms with Crippen molar-refractivity contribution in [3.8, 4) is 0 Å². The van der Waals surface area contributed by atoms with Gasteiger partial charge in [0.1, 0.15) is 6.04 Å². The van der Waals surface area contributed by atoms with Gasteiger partial charge in [-0.05, 0) is 13.8 Å². The van der Waals surface area contributed by atoms with Crippen LogP contribution in [0.3, 0.4) is 0 Å². The van der Waals surface area contributed by atoms with E-state index in [2.05, 4.69) is 20.5 Å². The highest BCUT2D eigenvalue weighted by molar-refractivity contribution is 5.92. The van der Waals surface area contributed by atoms with Crippen molar-refractivity contribution in [2.24, 2.45) is 7.05 Å². The maximum Gasteiger partial charge on any atom is 0.338 e. The molecule has 0 aromatic carbocycles. The lowest BCUT2D eigenvalue weighted by molar-refractivity contribution is -0.136. The molecule has 2 aromatic heterocycles. The summed E-state index contributed by atoms with van der Waals surface area (Å²) in [4.78, 5) is 16.8. The number of esters is 1. The largest absolute Gasteiger partial charge is 0.466 e. The van der Waals surface area contributed by atoms with Crippen LogP contribution in [0.4, 0.5) is 5.95 Å². The molecule has 0 saturated heterocycles. The molecule has 0 aliphatic carbocycles. The number of rotatable bonds is 3. The number of hydrogen-bond acceptors (Lipinski definition) is 6. The Kier molecular flexibility index (Phi) is 3.67. The van der Waals surface area contributed by atoms with Gasteiger partial charge in [-0.3, -0.25) is 4.68 Å². The number of methoxy groups -OCH3 is 1. The average molecular weight is 316 g/mol. The van der Waals surface area contributed by atoms with Gasteiger partial charge in [0.15, 0.2) is 5.82 Å². The second kappa shape index (κ2) is 5.53. The van der Waals surface area contributed by atoms with Gasteiger partial charge < -0.3 is 10.1 Å². The molecule has 1 aliphatic heterocycles. The van der Waals surface area contributed by atoms with Gasteiger partial charge in [-0.25, -0.2) is 9.48 Å². The van der Waals surface area contributed by atoms with E-state index < -0.39 is 6.04 Å². The van der Waals surface area contributed by atoms with Crippen molar-refractivity contribution in [3.63, 3.8) is 0 Å². The molecule has 1 N–H and O–H groups in total. The van der Waals surface area contributed by atoms with E-state index in [4.69, 9.17) is 4.74 Å². The number of aromatic nitrogens is 5. The van der Waals surface area contributed by atoms with Gasteiger partial charge in [0.2, 0.25) is 5.95 Å². The molecule has 0 bridgehead atoms. The monoisotopic (exact) mass is 316 g/mol. The van der Waals surface area contributed by atoms with Crippen LogP contribution in [0.5, 0.6) is 0 Å². The Morgan fingerprint density at radius 2 is 2.13 bits per heavy atom. The molecule has 2 aromatic rings. The third-order valence-corrected chi connectivity index (χ3v) is 3.96. The lowest BCUT2D eigenvalue weighted by Gasteiger charge is -2.27. The summed E-state index contributed by atoms with van der Waals surface area (Å²) in [5.74, 6) is 0.959. The molecule has 8 heteroatoms. The Balaban J connectivity index is 2.23. The first-order chi connectivity index (χ1) is 11.0. The zero-order valence-electron chi connectivity index (χ0n) is 13.9. The van der Waals surface area contributed by atoms with E-state index in [1.165, 1.54) is 7.11 Å². The number of carbonyl (C=O) groups is 1. The third-order valence-electron chi connectivity index (χ3n) is 3.96. The van der Waals surface area contributed by atoms with Crippen LogP contribution in [0.1, 0.15) is 37.0 Å². The fourth-order valence-electron chi connectivity index (χ4n) is 2.89. The minimum Gasteiger partial charge on any atom is -0.466 e. The molecule has 0 radical (unpaired) electrons. The molecule has 3 rings (SSSR count). The topological polar surface area (TPSA) is 86.9 Å². The fourth-order valence-corrected chi connectivity index (χ4v) is 2.89. The highest BCUT2D eigenvalue weighted by Crippen LogP contribution is 2.36. The molecular weight excluding hydrogens is 296 g/mol. The third kappa shape index (κ3) is 2.39. The highest BCUT2D eigenvalue weighted by Gasteiger charge is 2.36. The van der Waals surface area contributed by atoms with E-state index in [-0.39, 0.29) is 5.97 Å². The number of nitrogens with one attached hydrogen (secondary N) is 1. The van der Waals surface area contributed by atoms with Crippen molar-refractivity contribution in [2.75, 3.05) is 12.4 Å². The predicted molar refractivity (Wildman–Crippen MR) is 83.8 cm³/mol. The van der Waals surface area contributed by atoms with Crippen molar-refractivity contribution in [3.05, 3.63) is 34.5 Å². The second-order valence-electron chi connectivity index (χ2n) is 5.55. The Morgan fingerprint density at radius 1 is 1.39 bits per heavy atom. The van der Waals surface area contributed by atoms with E-state index >= 15 is 0 Å². The molecule has 1 atom stereocenters. The van der Waals surface area contributed by atoms with Crippen molar-refractivity contribution < 1.29 is 9.53 Å². The normalized spacial score (nSPS) is 17.0. The van der Waals surface area contributed by atoms with E-state index in [9.17, 15) is 4.79 Å². The van der Waals surface area contributed by atoms with Crippen LogP contribution in [0.2, 0.25) is 0 Å². The first-order valence-electron chi connectivity index (χ1n) is 7.47. The second-order valence-corrected chi connectivity index (χ2v) is 5.55. The maximum atomic E-state index is 12.4. The van der Waals surface area contributed by atoms with Crippen LogP contribution in [0.15, 0.2) is 17.5 Å². The van der Waals surface area contributed by atoms with Gasteiger partial charge in [-0.15, -0.1) is 0 Å². The molecule has 0 amide bonds. The summed E-state index contributed by atoms with van der Waals surface area (Å²) in [6, 6.07) is -0.403. The zero-order valence-corrected chi connectivity index (χ0v) is 13.9. The van der Waals surface area contributed by atoms with E-state index in [1.54, 1.807) is 9.36 Å². The average Bonchev–Trinajstić information content (AvgIpc) is 3.07. The van der Waals surface area contributed by atoms with Crippen LogP contribution in [0, 0.1) is 6.92 Å². The van der Waals surface area contributed by atoms with Crippen molar-refractivity contribution in [1.82, 2.24) is 24.5 Å². The zero-order chi connectivity index (χ0) is 16.7. The highest BCUT2D eigenvalue weighted by atomic mass is 16.5. The number of fused-ring (bicyclic) bond motifs is 1. The lowest BCUT2D eigenvalue weighted by Crippen LogP contribution is -2.29. The summed E-state index contributed by atoms with van der Waals surface area (Å²) in [5.41, 5.74) is 2.98. The van der Waals surface area contributed by atoms with E-state index in [0.717, 1.165) is 17.1 Å². The minimum absolute atomic E-state index is 0.387. The van der Waals surface area contributed by atoms with Crippen LogP contribution < -0.4 is 5.32 Å². The predicted octanol–water partition coefficient (Wildman–Crippen LogP) is 1.34. The summed E-state index contributed by atoms with van der Waals surface area (Å²) < 4.78 is 8.45. The first-order valence-corrected chi connectivity index (χ1v) is 7.47.